The Labute approximate surface area is 104 Å². The Morgan fingerprint density at radius 3 is 2.94 bits per heavy atom. The highest BCUT2D eigenvalue weighted by atomic mass is 35.5. The van der Waals surface area contributed by atoms with E-state index >= 15 is 0 Å². The molecule has 0 bridgehead atoms. The molecule has 0 aliphatic carbocycles. The van der Waals surface area contributed by atoms with E-state index in [1.165, 1.54) is 0 Å². The highest BCUT2D eigenvalue weighted by Gasteiger charge is 2.12. The number of pyridine rings is 2. The van der Waals surface area contributed by atoms with Crippen molar-refractivity contribution in [1.29, 1.82) is 0 Å². The van der Waals surface area contributed by atoms with Gasteiger partial charge < -0.3 is 4.74 Å². The number of rotatable bonds is 2. The fraction of sp³-hybridized carbons (Fsp3) is 0.250. The van der Waals surface area contributed by atoms with E-state index < -0.39 is 5.97 Å². The summed E-state index contributed by atoms with van der Waals surface area (Å²) in [5.41, 5.74) is 1.79. The summed E-state index contributed by atoms with van der Waals surface area (Å²) in [4.78, 5) is 19.7. The minimum atomic E-state index is -0.474. The molecule has 0 radical (unpaired) electrons. The lowest BCUT2D eigenvalue weighted by molar-refractivity contribution is 0.0520. The Morgan fingerprint density at radius 1 is 1.47 bits per heavy atom. The first kappa shape index (κ1) is 11.8. The monoisotopic (exact) mass is 250 g/mol. The van der Waals surface area contributed by atoms with E-state index in [2.05, 4.69) is 9.97 Å². The normalized spacial score (nSPS) is 10.5. The number of carbonyl (C=O) groups excluding carboxylic acids is 1. The van der Waals surface area contributed by atoms with Gasteiger partial charge in [0.05, 0.1) is 6.61 Å². The second kappa shape index (κ2) is 4.67. The summed E-state index contributed by atoms with van der Waals surface area (Å²) < 4.78 is 4.88. The third kappa shape index (κ3) is 2.36. The van der Waals surface area contributed by atoms with Gasteiger partial charge in [-0.05, 0) is 31.5 Å². The van der Waals surface area contributed by atoms with Crippen LogP contribution in [0, 0.1) is 6.92 Å². The van der Waals surface area contributed by atoms with Crippen molar-refractivity contribution in [1.82, 2.24) is 9.97 Å². The Kier molecular flexibility index (Phi) is 3.24. The van der Waals surface area contributed by atoms with Crippen LogP contribution in [0.15, 0.2) is 18.3 Å². The summed E-state index contributed by atoms with van der Waals surface area (Å²) in [5.74, 6) is -0.474. The van der Waals surface area contributed by atoms with E-state index in [1.54, 1.807) is 19.2 Å². The van der Waals surface area contributed by atoms with Gasteiger partial charge in [0.1, 0.15) is 5.52 Å². The molecule has 88 valence electrons. The van der Waals surface area contributed by atoms with Crippen molar-refractivity contribution in [2.45, 2.75) is 13.8 Å². The average molecular weight is 251 g/mol. The topological polar surface area (TPSA) is 52.1 Å². The maximum atomic E-state index is 11.6. The third-order valence-electron chi connectivity index (χ3n) is 2.24. The second-order valence-corrected chi connectivity index (χ2v) is 3.96. The van der Waals surface area contributed by atoms with Gasteiger partial charge in [0.2, 0.25) is 0 Å². The fourth-order valence-corrected chi connectivity index (χ4v) is 1.77. The number of ether oxygens (including phenoxy) is 1. The molecule has 0 spiro atoms. The summed E-state index contributed by atoms with van der Waals surface area (Å²) in [6.07, 6.45) is 1.71. The molecule has 2 heterocycles. The summed E-state index contributed by atoms with van der Waals surface area (Å²) in [6, 6.07) is 3.54. The van der Waals surface area contributed by atoms with E-state index in [4.69, 9.17) is 16.3 Å². The molecule has 0 aromatic carbocycles. The molecule has 2 rings (SSSR count). The first-order chi connectivity index (χ1) is 8.11. The largest absolute Gasteiger partial charge is 0.461 e. The highest BCUT2D eigenvalue weighted by molar-refractivity contribution is 6.34. The van der Waals surface area contributed by atoms with Crippen LogP contribution in [0.1, 0.15) is 23.0 Å². The first-order valence-electron chi connectivity index (χ1n) is 5.22. The van der Waals surface area contributed by atoms with Crippen LogP contribution in [-0.2, 0) is 4.74 Å². The predicted octanol–water partition coefficient (Wildman–Crippen LogP) is 2.77. The van der Waals surface area contributed by atoms with Crippen LogP contribution in [0.3, 0.4) is 0 Å². The quantitative estimate of drug-likeness (QED) is 0.608. The molecule has 0 N–H and O–H groups in total. The van der Waals surface area contributed by atoms with E-state index in [9.17, 15) is 4.79 Å². The molecule has 0 aliphatic heterocycles. The third-order valence-corrected chi connectivity index (χ3v) is 2.51. The molecule has 0 unspecified atom stereocenters. The highest BCUT2D eigenvalue weighted by Crippen LogP contribution is 2.21. The molecule has 0 atom stereocenters. The Morgan fingerprint density at radius 2 is 2.24 bits per heavy atom. The van der Waals surface area contributed by atoms with Crippen LogP contribution in [0.2, 0.25) is 5.15 Å². The zero-order chi connectivity index (χ0) is 12.4. The van der Waals surface area contributed by atoms with Gasteiger partial charge in [-0.15, -0.1) is 0 Å². The number of aryl methyl sites for hydroxylation is 1. The summed E-state index contributed by atoms with van der Waals surface area (Å²) in [5, 5.41) is 0.999. The molecule has 0 aliphatic rings. The lowest BCUT2D eigenvalue weighted by atomic mass is 10.2. The molecule has 0 fully saturated rings. The van der Waals surface area contributed by atoms with Crippen molar-refractivity contribution >= 4 is 28.5 Å². The molecule has 2 aromatic heterocycles. The first-order valence-corrected chi connectivity index (χ1v) is 5.59. The number of aromatic nitrogens is 2. The average Bonchev–Trinajstić information content (AvgIpc) is 2.28. The maximum Gasteiger partial charge on any atom is 0.356 e. The van der Waals surface area contributed by atoms with Gasteiger partial charge in [-0.2, -0.15) is 0 Å². The molecule has 5 heteroatoms. The molecule has 0 saturated carbocycles. The van der Waals surface area contributed by atoms with Crippen molar-refractivity contribution in [3.63, 3.8) is 0 Å². The van der Waals surface area contributed by atoms with E-state index in [1.807, 2.05) is 13.0 Å². The Balaban J connectivity index is 2.57. The zero-order valence-corrected chi connectivity index (χ0v) is 10.3. The van der Waals surface area contributed by atoms with Crippen LogP contribution in [0.4, 0.5) is 0 Å². The molecule has 0 saturated heterocycles. The van der Waals surface area contributed by atoms with Crippen molar-refractivity contribution in [3.8, 4) is 0 Å². The van der Waals surface area contributed by atoms with Gasteiger partial charge in [-0.1, -0.05) is 11.6 Å². The van der Waals surface area contributed by atoms with Crippen LogP contribution in [0.5, 0.6) is 0 Å². The van der Waals surface area contributed by atoms with Gasteiger partial charge in [-0.25, -0.2) is 9.78 Å². The maximum absolute atomic E-state index is 11.6. The number of carbonyl (C=O) groups is 1. The van der Waals surface area contributed by atoms with Crippen molar-refractivity contribution in [3.05, 3.63) is 34.7 Å². The van der Waals surface area contributed by atoms with Crippen LogP contribution in [0.25, 0.3) is 10.9 Å². The molecule has 2 aromatic rings. The zero-order valence-electron chi connectivity index (χ0n) is 9.53. The second-order valence-electron chi connectivity index (χ2n) is 3.60. The lowest BCUT2D eigenvalue weighted by Gasteiger charge is -2.04. The molecule has 4 nitrogen and oxygen atoms in total. The van der Waals surface area contributed by atoms with Crippen molar-refractivity contribution in [2.24, 2.45) is 0 Å². The lowest BCUT2D eigenvalue weighted by Crippen LogP contribution is -2.07. The van der Waals surface area contributed by atoms with Gasteiger partial charge in [0, 0.05) is 11.6 Å². The minimum absolute atomic E-state index is 0.205. The predicted molar refractivity (Wildman–Crippen MR) is 65.2 cm³/mol. The standard InChI is InChI=1S/C12H11ClN2O2/c1-3-17-12(16)9-5-8-4-7(2)6-14-10(8)11(13)15-9/h4-6H,3H2,1-2H3. The van der Waals surface area contributed by atoms with E-state index in [0.717, 1.165) is 10.9 Å². The Bertz CT molecular complexity index is 584. The number of fused-ring (bicyclic) bond motifs is 1. The number of hydrogen-bond donors (Lipinski definition) is 0. The van der Waals surface area contributed by atoms with Crippen molar-refractivity contribution < 1.29 is 9.53 Å². The summed E-state index contributed by atoms with van der Waals surface area (Å²) in [6.45, 7) is 3.97. The van der Waals surface area contributed by atoms with E-state index in [0.29, 0.717) is 12.1 Å². The molecule has 0 amide bonds. The van der Waals surface area contributed by atoms with Gasteiger partial charge >= 0.3 is 5.97 Å². The number of nitrogens with zero attached hydrogens (tertiary/aromatic N) is 2. The van der Waals surface area contributed by atoms with Crippen LogP contribution >= 0.6 is 11.6 Å². The fourth-order valence-electron chi connectivity index (χ4n) is 1.52. The number of hydrogen-bond acceptors (Lipinski definition) is 4. The van der Waals surface area contributed by atoms with E-state index in [-0.39, 0.29) is 10.8 Å². The van der Waals surface area contributed by atoms with Gasteiger partial charge in [0.25, 0.3) is 0 Å². The summed E-state index contributed by atoms with van der Waals surface area (Å²) in [7, 11) is 0. The molecular weight excluding hydrogens is 240 g/mol. The number of halogens is 1. The van der Waals surface area contributed by atoms with Gasteiger partial charge in [0.15, 0.2) is 10.8 Å². The number of esters is 1. The van der Waals surface area contributed by atoms with Crippen LogP contribution in [-0.4, -0.2) is 22.5 Å². The van der Waals surface area contributed by atoms with Gasteiger partial charge in [-0.3, -0.25) is 4.98 Å². The molecular formula is C12H11ClN2O2. The van der Waals surface area contributed by atoms with Crippen molar-refractivity contribution in [2.75, 3.05) is 6.61 Å². The smallest absolute Gasteiger partial charge is 0.356 e. The van der Waals surface area contributed by atoms with Crippen LogP contribution < -0.4 is 0 Å². The SMILES string of the molecule is CCOC(=O)c1cc2cc(C)cnc2c(Cl)n1. The minimum Gasteiger partial charge on any atom is -0.461 e. The summed E-state index contributed by atoms with van der Waals surface area (Å²) >= 11 is 5.98. The molecule has 17 heavy (non-hydrogen) atoms. The Hall–Kier alpha value is -1.68.